The summed E-state index contributed by atoms with van der Waals surface area (Å²) in [6.45, 7) is 4.30. The molecule has 6 nitrogen and oxygen atoms in total. The number of methoxy groups -OCH3 is 2. The Labute approximate surface area is 159 Å². The van der Waals surface area contributed by atoms with E-state index >= 15 is 0 Å². The Hall–Kier alpha value is -2.60. The van der Waals surface area contributed by atoms with Crippen LogP contribution in [0.15, 0.2) is 30.3 Å². The van der Waals surface area contributed by atoms with Gasteiger partial charge >= 0.3 is 0 Å². The SMILES string of the molecule is COc1cc2c(cc1CN1CCCOc3c(cccc3OC)C1)OCCO2. The molecule has 0 aliphatic carbocycles. The molecule has 2 aliphatic heterocycles. The smallest absolute Gasteiger partial charge is 0.165 e. The maximum atomic E-state index is 5.96. The number of rotatable bonds is 4. The standard InChI is InChI=1S/C21H25NO5/c1-23-17-6-3-5-15-13-22(7-4-8-27-21(15)17)14-16-11-19-20(12-18(16)24-2)26-10-9-25-19/h3,5-6,11-12H,4,7-10,13-14H2,1-2H3. The van der Waals surface area contributed by atoms with E-state index in [1.54, 1.807) is 14.2 Å². The molecule has 144 valence electrons. The highest BCUT2D eigenvalue weighted by molar-refractivity contribution is 5.51. The fraction of sp³-hybridized carbons (Fsp3) is 0.429. The monoisotopic (exact) mass is 371 g/mol. The molecule has 0 N–H and O–H groups in total. The largest absolute Gasteiger partial charge is 0.496 e. The van der Waals surface area contributed by atoms with E-state index in [0.717, 1.165) is 65.9 Å². The molecule has 0 saturated heterocycles. The summed E-state index contributed by atoms with van der Waals surface area (Å²) in [7, 11) is 3.37. The van der Waals surface area contributed by atoms with Gasteiger partial charge in [-0.2, -0.15) is 0 Å². The van der Waals surface area contributed by atoms with E-state index < -0.39 is 0 Å². The predicted molar refractivity (Wildman–Crippen MR) is 101 cm³/mol. The van der Waals surface area contributed by atoms with E-state index in [9.17, 15) is 0 Å². The molecule has 2 aromatic carbocycles. The van der Waals surface area contributed by atoms with E-state index in [4.69, 9.17) is 23.7 Å². The summed E-state index contributed by atoms with van der Waals surface area (Å²) in [6.07, 6.45) is 0.949. The lowest BCUT2D eigenvalue weighted by molar-refractivity contribution is 0.169. The van der Waals surface area contributed by atoms with E-state index in [2.05, 4.69) is 11.0 Å². The van der Waals surface area contributed by atoms with Crippen LogP contribution >= 0.6 is 0 Å². The predicted octanol–water partition coefficient (Wildman–Crippen LogP) is 3.26. The van der Waals surface area contributed by atoms with Crippen molar-refractivity contribution in [2.24, 2.45) is 0 Å². The molecule has 4 rings (SSSR count). The third-order valence-corrected chi connectivity index (χ3v) is 4.88. The second-order valence-electron chi connectivity index (χ2n) is 6.67. The van der Waals surface area contributed by atoms with Crippen LogP contribution < -0.4 is 23.7 Å². The van der Waals surface area contributed by atoms with Crippen LogP contribution in [0.2, 0.25) is 0 Å². The van der Waals surface area contributed by atoms with Crippen molar-refractivity contribution < 1.29 is 23.7 Å². The van der Waals surface area contributed by atoms with Crippen molar-refractivity contribution in [2.75, 3.05) is 40.6 Å². The van der Waals surface area contributed by atoms with Crippen molar-refractivity contribution >= 4 is 0 Å². The van der Waals surface area contributed by atoms with E-state index in [0.29, 0.717) is 19.8 Å². The Morgan fingerprint density at radius 2 is 1.70 bits per heavy atom. The summed E-state index contributed by atoms with van der Waals surface area (Å²) in [5.74, 6) is 3.99. The zero-order chi connectivity index (χ0) is 18.6. The van der Waals surface area contributed by atoms with Crippen LogP contribution in [0.1, 0.15) is 17.5 Å². The highest BCUT2D eigenvalue weighted by atomic mass is 16.6. The van der Waals surface area contributed by atoms with Gasteiger partial charge in [-0.05, 0) is 18.6 Å². The van der Waals surface area contributed by atoms with Crippen LogP contribution in [0, 0.1) is 0 Å². The van der Waals surface area contributed by atoms with Gasteiger partial charge in [-0.3, -0.25) is 4.90 Å². The molecule has 0 bridgehead atoms. The number of nitrogens with zero attached hydrogens (tertiary/aromatic N) is 1. The van der Waals surface area contributed by atoms with Gasteiger partial charge in [0.05, 0.1) is 20.8 Å². The van der Waals surface area contributed by atoms with Crippen molar-refractivity contribution in [3.8, 4) is 28.7 Å². The maximum absolute atomic E-state index is 5.96. The van der Waals surface area contributed by atoms with Crippen LogP contribution in [0.4, 0.5) is 0 Å². The number of para-hydroxylation sites is 1. The second-order valence-corrected chi connectivity index (χ2v) is 6.67. The van der Waals surface area contributed by atoms with E-state index in [1.807, 2.05) is 24.3 Å². The first-order valence-electron chi connectivity index (χ1n) is 9.26. The first-order valence-corrected chi connectivity index (χ1v) is 9.26. The van der Waals surface area contributed by atoms with Gasteiger partial charge < -0.3 is 23.7 Å². The molecule has 0 saturated carbocycles. The lowest BCUT2D eigenvalue weighted by Crippen LogP contribution is -2.28. The van der Waals surface area contributed by atoms with Gasteiger partial charge in [0.15, 0.2) is 23.0 Å². The molecule has 0 unspecified atom stereocenters. The minimum absolute atomic E-state index is 0.570. The van der Waals surface area contributed by atoms with Gasteiger partial charge in [0, 0.05) is 36.8 Å². The zero-order valence-corrected chi connectivity index (χ0v) is 15.8. The summed E-state index contributed by atoms with van der Waals surface area (Å²) >= 11 is 0. The highest BCUT2D eigenvalue weighted by Gasteiger charge is 2.21. The molecule has 0 fully saturated rings. The molecule has 6 heteroatoms. The van der Waals surface area contributed by atoms with Crippen LogP contribution in [-0.4, -0.2) is 45.5 Å². The summed E-state index contributed by atoms with van der Waals surface area (Å²) in [4.78, 5) is 2.40. The number of benzene rings is 2. The molecule has 2 heterocycles. The van der Waals surface area contributed by atoms with E-state index in [1.165, 1.54) is 0 Å². The normalized spacial score (nSPS) is 16.5. The third kappa shape index (κ3) is 3.76. The van der Waals surface area contributed by atoms with Crippen molar-refractivity contribution in [3.63, 3.8) is 0 Å². The van der Waals surface area contributed by atoms with Gasteiger partial charge in [-0.15, -0.1) is 0 Å². The zero-order valence-electron chi connectivity index (χ0n) is 15.8. The Morgan fingerprint density at radius 3 is 2.48 bits per heavy atom. The topological polar surface area (TPSA) is 49.4 Å². The molecule has 0 radical (unpaired) electrons. The number of fused-ring (bicyclic) bond motifs is 2. The lowest BCUT2D eigenvalue weighted by Gasteiger charge is -2.28. The second kappa shape index (κ2) is 7.96. The summed E-state index contributed by atoms with van der Waals surface area (Å²) < 4.78 is 28.4. The Bertz CT molecular complexity index is 807. The van der Waals surface area contributed by atoms with Crippen LogP contribution in [0.3, 0.4) is 0 Å². The number of hydrogen-bond donors (Lipinski definition) is 0. The molecule has 0 spiro atoms. The minimum Gasteiger partial charge on any atom is -0.496 e. The van der Waals surface area contributed by atoms with Crippen molar-refractivity contribution in [3.05, 3.63) is 41.5 Å². The highest BCUT2D eigenvalue weighted by Crippen LogP contribution is 2.38. The summed E-state index contributed by atoms with van der Waals surface area (Å²) in [5, 5.41) is 0. The van der Waals surface area contributed by atoms with Gasteiger partial charge in [0.25, 0.3) is 0 Å². The Kier molecular flexibility index (Phi) is 5.25. The molecular formula is C21H25NO5. The van der Waals surface area contributed by atoms with Crippen molar-refractivity contribution in [1.29, 1.82) is 0 Å². The third-order valence-electron chi connectivity index (χ3n) is 4.88. The fourth-order valence-electron chi connectivity index (χ4n) is 3.59. The molecule has 0 atom stereocenters. The maximum Gasteiger partial charge on any atom is 0.165 e. The first kappa shape index (κ1) is 17.8. The van der Waals surface area contributed by atoms with Gasteiger partial charge in [0.1, 0.15) is 19.0 Å². The van der Waals surface area contributed by atoms with Gasteiger partial charge in [-0.25, -0.2) is 0 Å². The van der Waals surface area contributed by atoms with Crippen LogP contribution in [0.25, 0.3) is 0 Å². The average Bonchev–Trinajstić information content (AvgIpc) is 2.69. The number of ether oxygens (including phenoxy) is 5. The molecule has 0 aromatic heterocycles. The fourth-order valence-corrected chi connectivity index (χ4v) is 3.59. The Balaban J connectivity index is 1.60. The van der Waals surface area contributed by atoms with Gasteiger partial charge in [0.2, 0.25) is 0 Å². The van der Waals surface area contributed by atoms with Crippen LogP contribution in [-0.2, 0) is 13.1 Å². The Morgan fingerprint density at radius 1 is 0.926 bits per heavy atom. The van der Waals surface area contributed by atoms with E-state index in [-0.39, 0.29) is 0 Å². The lowest BCUT2D eigenvalue weighted by atomic mass is 10.1. The molecule has 27 heavy (non-hydrogen) atoms. The summed E-state index contributed by atoms with van der Waals surface area (Å²) in [6, 6.07) is 10.0. The first-order chi connectivity index (χ1) is 13.3. The quantitative estimate of drug-likeness (QED) is 0.822. The molecular weight excluding hydrogens is 346 g/mol. The summed E-state index contributed by atoms with van der Waals surface area (Å²) in [5.41, 5.74) is 2.22. The van der Waals surface area contributed by atoms with Gasteiger partial charge in [-0.1, -0.05) is 12.1 Å². The molecule has 2 aromatic rings. The average molecular weight is 371 g/mol. The molecule has 2 aliphatic rings. The van der Waals surface area contributed by atoms with Crippen molar-refractivity contribution in [2.45, 2.75) is 19.5 Å². The minimum atomic E-state index is 0.570. The number of hydrogen-bond acceptors (Lipinski definition) is 6. The van der Waals surface area contributed by atoms with Crippen molar-refractivity contribution in [1.82, 2.24) is 4.90 Å². The van der Waals surface area contributed by atoms with Crippen LogP contribution in [0.5, 0.6) is 28.7 Å². The molecule has 0 amide bonds.